The Morgan fingerprint density at radius 1 is 1.00 bits per heavy atom. The van der Waals surface area contributed by atoms with Crippen LogP contribution < -0.4 is 10.4 Å². The van der Waals surface area contributed by atoms with Gasteiger partial charge in [-0.15, -0.1) is 0 Å². The number of aliphatic hydroxyl groups is 1. The standard InChI is InChI=1S/C26H32O4/c1-24(2)20-10-13-26(4)21(25(20,3)12-11-22(24)27)14-17-19(30-26)15-18(29-23(17)28)16-8-6-5-7-9-16/h5-9,15,20-22,27H,10-14H2,1-4H3/t20-,21+,22-,25-,26+/m0/s1. The lowest BCUT2D eigenvalue weighted by molar-refractivity contribution is -0.191. The SMILES string of the molecule is CC1(C)[C@@H](O)CC[C@]2(C)[C@H]3Cc4c(cc(-c5ccccc5)oc4=O)O[C@]3(C)CC[C@@H]12. The van der Waals surface area contributed by atoms with Gasteiger partial charge in [-0.1, -0.05) is 51.1 Å². The first-order valence-corrected chi connectivity index (χ1v) is 11.2. The molecule has 0 saturated heterocycles. The molecule has 5 rings (SSSR count). The van der Waals surface area contributed by atoms with E-state index >= 15 is 0 Å². The summed E-state index contributed by atoms with van der Waals surface area (Å²) < 4.78 is 12.4. The van der Waals surface area contributed by atoms with Crippen molar-refractivity contribution in [3.63, 3.8) is 0 Å². The number of hydrogen-bond donors (Lipinski definition) is 1. The molecule has 4 heteroatoms. The van der Waals surface area contributed by atoms with E-state index in [4.69, 9.17) is 9.15 Å². The predicted molar refractivity (Wildman–Crippen MR) is 116 cm³/mol. The molecule has 0 amide bonds. The molecular weight excluding hydrogens is 376 g/mol. The van der Waals surface area contributed by atoms with E-state index in [1.165, 1.54) is 0 Å². The van der Waals surface area contributed by atoms with E-state index in [1.54, 1.807) is 0 Å². The summed E-state index contributed by atoms with van der Waals surface area (Å²) >= 11 is 0. The second-order valence-corrected chi connectivity index (χ2v) is 10.8. The molecule has 3 aliphatic rings. The second kappa shape index (κ2) is 6.46. The molecule has 2 aliphatic carbocycles. The summed E-state index contributed by atoms with van der Waals surface area (Å²) in [6.07, 6.45) is 4.16. The number of rotatable bonds is 1. The van der Waals surface area contributed by atoms with Crippen molar-refractivity contribution in [3.8, 4) is 17.1 Å². The van der Waals surface area contributed by atoms with Gasteiger partial charge in [0.15, 0.2) is 0 Å². The Kier molecular flexibility index (Phi) is 4.28. The van der Waals surface area contributed by atoms with Crippen LogP contribution in [0.1, 0.15) is 58.9 Å². The minimum atomic E-state index is -0.307. The lowest BCUT2D eigenvalue weighted by Gasteiger charge is -2.64. The van der Waals surface area contributed by atoms with Gasteiger partial charge in [0, 0.05) is 17.5 Å². The van der Waals surface area contributed by atoms with Gasteiger partial charge in [0.25, 0.3) is 0 Å². The van der Waals surface area contributed by atoms with Crippen molar-refractivity contribution in [2.45, 2.75) is 71.5 Å². The average Bonchev–Trinajstić information content (AvgIpc) is 2.70. The van der Waals surface area contributed by atoms with Crippen LogP contribution in [0, 0.1) is 22.7 Å². The lowest BCUT2D eigenvalue weighted by atomic mass is 9.44. The molecular formula is C26H32O4. The highest BCUT2D eigenvalue weighted by atomic mass is 16.5. The molecule has 2 aromatic rings. The van der Waals surface area contributed by atoms with E-state index in [2.05, 4.69) is 27.7 Å². The Balaban J connectivity index is 1.57. The van der Waals surface area contributed by atoms with Gasteiger partial charge in [-0.2, -0.15) is 0 Å². The molecule has 2 fully saturated rings. The lowest BCUT2D eigenvalue weighted by Crippen LogP contribution is -2.63. The molecule has 4 nitrogen and oxygen atoms in total. The van der Waals surface area contributed by atoms with Crippen molar-refractivity contribution in [1.82, 2.24) is 0 Å². The Morgan fingerprint density at radius 2 is 1.73 bits per heavy atom. The maximum absolute atomic E-state index is 13.0. The van der Waals surface area contributed by atoms with Crippen molar-refractivity contribution in [2.75, 3.05) is 0 Å². The van der Waals surface area contributed by atoms with Gasteiger partial charge in [-0.3, -0.25) is 0 Å². The van der Waals surface area contributed by atoms with Gasteiger partial charge in [0.2, 0.25) is 0 Å². The van der Waals surface area contributed by atoms with Gasteiger partial charge in [0.05, 0.1) is 11.7 Å². The second-order valence-electron chi connectivity index (χ2n) is 10.8. The third kappa shape index (κ3) is 2.72. The first-order valence-electron chi connectivity index (χ1n) is 11.2. The van der Waals surface area contributed by atoms with Gasteiger partial charge >= 0.3 is 5.63 Å². The third-order valence-corrected chi connectivity index (χ3v) is 8.79. The van der Waals surface area contributed by atoms with Crippen LogP contribution in [0.15, 0.2) is 45.6 Å². The molecule has 1 N–H and O–H groups in total. The molecule has 160 valence electrons. The molecule has 1 aromatic carbocycles. The summed E-state index contributed by atoms with van der Waals surface area (Å²) in [6.45, 7) is 9.00. The van der Waals surface area contributed by atoms with Crippen LogP contribution in [0.25, 0.3) is 11.3 Å². The topological polar surface area (TPSA) is 59.7 Å². The van der Waals surface area contributed by atoms with Crippen molar-refractivity contribution >= 4 is 0 Å². The van der Waals surface area contributed by atoms with Crippen molar-refractivity contribution in [3.05, 3.63) is 52.4 Å². The van der Waals surface area contributed by atoms with E-state index in [-0.39, 0.29) is 34.1 Å². The maximum atomic E-state index is 13.0. The summed E-state index contributed by atoms with van der Waals surface area (Å²) in [5.41, 5.74) is 0.858. The zero-order chi connectivity index (χ0) is 21.3. The van der Waals surface area contributed by atoms with Crippen LogP contribution in [0.4, 0.5) is 0 Å². The minimum Gasteiger partial charge on any atom is -0.487 e. The molecule has 2 heterocycles. The van der Waals surface area contributed by atoms with Crippen LogP contribution >= 0.6 is 0 Å². The van der Waals surface area contributed by atoms with Crippen molar-refractivity contribution in [2.24, 2.45) is 22.7 Å². The molecule has 0 spiro atoms. The molecule has 1 aliphatic heterocycles. The summed E-state index contributed by atoms with van der Waals surface area (Å²) in [7, 11) is 0. The fraction of sp³-hybridized carbons (Fsp3) is 0.577. The van der Waals surface area contributed by atoms with Gasteiger partial charge in [0.1, 0.15) is 17.1 Å². The number of ether oxygens (including phenoxy) is 1. The number of benzene rings is 1. The molecule has 30 heavy (non-hydrogen) atoms. The minimum absolute atomic E-state index is 0.0258. The molecule has 0 radical (unpaired) electrons. The van der Waals surface area contributed by atoms with Crippen molar-refractivity contribution < 1.29 is 14.3 Å². The van der Waals surface area contributed by atoms with Gasteiger partial charge in [-0.25, -0.2) is 4.79 Å². The van der Waals surface area contributed by atoms with Gasteiger partial charge in [-0.05, 0) is 55.8 Å². The smallest absolute Gasteiger partial charge is 0.343 e. The monoisotopic (exact) mass is 408 g/mol. The van der Waals surface area contributed by atoms with E-state index in [9.17, 15) is 9.90 Å². The maximum Gasteiger partial charge on any atom is 0.343 e. The van der Waals surface area contributed by atoms with E-state index in [0.717, 1.165) is 31.2 Å². The van der Waals surface area contributed by atoms with Crippen molar-refractivity contribution in [1.29, 1.82) is 0 Å². The Hall–Kier alpha value is -2.07. The first-order chi connectivity index (χ1) is 14.1. The zero-order valence-electron chi connectivity index (χ0n) is 18.4. The number of hydrogen-bond acceptors (Lipinski definition) is 4. The van der Waals surface area contributed by atoms with E-state index < -0.39 is 0 Å². The first kappa shape index (κ1) is 19.9. The van der Waals surface area contributed by atoms with E-state index in [0.29, 0.717) is 29.4 Å². The predicted octanol–water partition coefficient (Wildman–Crippen LogP) is 5.21. The summed E-state index contributed by atoms with van der Waals surface area (Å²) in [6, 6.07) is 11.6. The largest absolute Gasteiger partial charge is 0.487 e. The number of aliphatic hydroxyl groups excluding tert-OH is 1. The molecule has 0 unspecified atom stereocenters. The highest BCUT2D eigenvalue weighted by Crippen LogP contribution is 2.64. The molecule has 1 aromatic heterocycles. The average molecular weight is 409 g/mol. The molecule has 2 saturated carbocycles. The van der Waals surface area contributed by atoms with Crippen LogP contribution in [-0.4, -0.2) is 16.8 Å². The zero-order valence-corrected chi connectivity index (χ0v) is 18.4. The highest BCUT2D eigenvalue weighted by molar-refractivity contribution is 5.59. The van der Waals surface area contributed by atoms with Crippen LogP contribution in [0.2, 0.25) is 0 Å². The molecule has 5 atom stereocenters. The summed E-state index contributed by atoms with van der Waals surface area (Å²) in [5.74, 6) is 1.88. The Morgan fingerprint density at radius 3 is 2.47 bits per heavy atom. The van der Waals surface area contributed by atoms with Crippen LogP contribution in [0.5, 0.6) is 5.75 Å². The fourth-order valence-corrected chi connectivity index (χ4v) is 7.04. The number of fused-ring (bicyclic) bond motifs is 4. The Labute approximate surface area is 178 Å². The van der Waals surface area contributed by atoms with Crippen LogP contribution in [0.3, 0.4) is 0 Å². The summed E-state index contributed by atoms with van der Waals surface area (Å²) in [4.78, 5) is 13.0. The quantitative estimate of drug-likeness (QED) is 0.703. The Bertz CT molecular complexity index is 1020. The van der Waals surface area contributed by atoms with E-state index in [1.807, 2.05) is 36.4 Å². The summed E-state index contributed by atoms with van der Waals surface area (Å²) in [5, 5.41) is 10.7. The normalized spacial score (nSPS) is 36.8. The fourth-order valence-electron chi connectivity index (χ4n) is 7.04. The third-order valence-electron chi connectivity index (χ3n) is 8.79. The molecule has 0 bridgehead atoms. The highest BCUT2D eigenvalue weighted by Gasteiger charge is 2.62. The van der Waals surface area contributed by atoms with Gasteiger partial charge < -0.3 is 14.3 Å². The van der Waals surface area contributed by atoms with Crippen LogP contribution in [-0.2, 0) is 6.42 Å².